The van der Waals surface area contributed by atoms with Crippen LogP contribution in [0.15, 0.2) is 18.2 Å². The van der Waals surface area contributed by atoms with Gasteiger partial charge in [-0.3, -0.25) is 39.5 Å². The average Bonchev–Trinajstić information content (AvgIpc) is 2.78. The molecule has 0 aliphatic carbocycles. The van der Waals surface area contributed by atoms with Crippen molar-refractivity contribution in [3.8, 4) is 0 Å². The number of likely N-dealkylation sites (N-methyl/N-ethyl adjacent to an activating group) is 1. The lowest BCUT2D eigenvalue weighted by Gasteiger charge is -2.35. The summed E-state index contributed by atoms with van der Waals surface area (Å²) in [7, 11) is 1.20. The fraction of sp³-hybridized carbons (Fsp3) is 0.231. The summed E-state index contributed by atoms with van der Waals surface area (Å²) in [6, 6.07) is 3.32. The molecule has 0 bridgehead atoms. The van der Waals surface area contributed by atoms with E-state index < -0.39 is 40.4 Å². The second kappa shape index (κ2) is 4.20. The SMILES string of the molecule is CN1C(=O)c2ccc([N+](=O)[O-])cc2C2(CC(=O)NC2=O)C1=O. The number of hydrogen-bond donors (Lipinski definition) is 1. The van der Waals surface area contributed by atoms with Gasteiger partial charge in [-0.2, -0.15) is 0 Å². The number of non-ortho nitro benzene ring substituents is 1. The fourth-order valence-electron chi connectivity index (χ4n) is 2.85. The van der Waals surface area contributed by atoms with Crippen LogP contribution in [0.2, 0.25) is 0 Å². The number of benzene rings is 1. The Morgan fingerprint density at radius 2 is 1.95 bits per heavy atom. The van der Waals surface area contributed by atoms with Gasteiger partial charge in [0.05, 0.1) is 11.3 Å². The van der Waals surface area contributed by atoms with Crippen molar-refractivity contribution in [2.45, 2.75) is 11.8 Å². The minimum absolute atomic E-state index is 0.00227. The largest absolute Gasteiger partial charge is 0.295 e. The van der Waals surface area contributed by atoms with Crippen LogP contribution in [0.4, 0.5) is 5.69 Å². The van der Waals surface area contributed by atoms with Crippen LogP contribution < -0.4 is 5.32 Å². The van der Waals surface area contributed by atoms with Gasteiger partial charge in [-0.05, 0) is 11.6 Å². The van der Waals surface area contributed by atoms with Crippen molar-refractivity contribution in [3.63, 3.8) is 0 Å². The van der Waals surface area contributed by atoms with E-state index in [9.17, 15) is 29.3 Å². The average molecular weight is 303 g/mol. The summed E-state index contributed by atoms with van der Waals surface area (Å²) in [6.45, 7) is 0. The molecule has 9 heteroatoms. The van der Waals surface area contributed by atoms with Gasteiger partial charge in [0.25, 0.3) is 11.6 Å². The van der Waals surface area contributed by atoms with Crippen molar-refractivity contribution in [1.82, 2.24) is 10.2 Å². The highest BCUT2D eigenvalue weighted by Gasteiger charge is 2.60. The summed E-state index contributed by atoms with van der Waals surface area (Å²) >= 11 is 0. The molecule has 22 heavy (non-hydrogen) atoms. The summed E-state index contributed by atoms with van der Waals surface area (Å²) in [4.78, 5) is 59.4. The minimum Gasteiger partial charge on any atom is -0.295 e. The molecule has 2 heterocycles. The van der Waals surface area contributed by atoms with Crippen molar-refractivity contribution >= 4 is 29.3 Å². The number of nitrogens with one attached hydrogen (secondary N) is 1. The summed E-state index contributed by atoms with van der Waals surface area (Å²) in [5.74, 6) is -3.08. The maximum atomic E-state index is 12.5. The second-order valence-electron chi connectivity index (χ2n) is 5.12. The van der Waals surface area contributed by atoms with Gasteiger partial charge in [0, 0.05) is 24.7 Å². The number of carbonyl (C=O) groups is 4. The van der Waals surface area contributed by atoms with Crippen LogP contribution >= 0.6 is 0 Å². The number of imide groups is 2. The molecule has 1 N–H and O–H groups in total. The number of nitrogens with zero attached hydrogens (tertiary/aromatic N) is 2. The zero-order valence-corrected chi connectivity index (χ0v) is 11.3. The van der Waals surface area contributed by atoms with Crippen LogP contribution in [0.3, 0.4) is 0 Å². The lowest BCUT2D eigenvalue weighted by Crippen LogP contribution is -2.56. The third kappa shape index (κ3) is 1.53. The van der Waals surface area contributed by atoms with Crippen LogP contribution in [0.1, 0.15) is 22.3 Å². The topological polar surface area (TPSA) is 127 Å². The zero-order valence-electron chi connectivity index (χ0n) is 11.3. The van der Waals surface area contributed by atoms with Gasteiger partial charge in [-0.25, -0.2) is 0 Å². The van der Waals surface area contributed by atoms with E-state index in [-0.39, 0.29) is 16.8 Å². The number of hydrogen-bond acceptors (Lipinski definition) is 6. The third-order valence-corrected chi connectivity index (χ3v) is 3.94. The van der Waals surface area contributed by atoms with Gasteiger partial charge >= 0.3 is 0 Å². The summed E-state index contributed by atoms with van der Waals surface area (Å²) in [5, 5.41) is 12.9. The molecule has 2 aliphatic heterocycles. The van der Waals surface area contributed by atoms with Gasteiger partial charge in [-0.15, -0.1) is 0 Å². The number of carbonyl (C=O) groups excluding carboxylic acids is 4. The summed E-state index contributed by atoms with van der Waals surface area (Å²) in [6.07, 6.45) is -0.476. The highest BCUT2D eigenvalue weighted by molar-refractivity contribution is 6.28. The molecule has 0 aromatic heterocycles. The van der Waals surface area contributed by atoms with Gasteiger partial charge in [0.2, 0.25) is 17.7 Å². The zero-order chi connectivity index (χ0) is 16.2. The van der Waals surface area contributed by atoms with Crippen LogP contribution in [0.5, 0.6) is 0 Å². The molecule has 1 saturated heterocycles. The molecule has 0 radical (unpaired) electrons. The van der Waals surface area contributed by atoms with E-state index in [2.05, 4.69) is 0 Å². The fourth-order valence-corrected chi connectivity index (χ4v) is 2.85. The predicted octanol–water partition coefficient (Wildman–Crippen LogP) is -0.509. The Hall–Kier alpha value is -3.10. The quantitative estimate of drug-likeness (QED) is 0.322. The molecule has 1 fully saturated rings. The highest BCUT2D eigenvalue weighted by atomic mass is 16.6. The number of nitro benzene ring substituents is 1. The van der Waals surface area contributed by atoms with Gasteiger partial charge in [0.1, 0.15) is 0 Å². The minimum atomic E-state index is -1.92. The number of fused-ring (bicyclic) bond motifs is 2. The van der Waals surface area contributed by atoms with E-state index in [0.717, 1.165) is 17.0 Å². The Labute approximate surface area is 123 Å². The van der Waals surface area contributed by atoms with Crippen LogP contribution in [0.25, 0.3) is 0 Å². The summed E-state index contributed by atoms with van der Waals surface area (Å²) in [5.41, 5.74) is -2.38. The first kappa shape index (κ1) is 13.9. The highest BCUT2D eigenvalue weighted by Crippen LogP contribution is 2.41. The molecule has 1 spiro atoms. The van der Waals surface area contributed by atoms with E-state index in [1.165, 1.54) is 13.1 Å². The van der Waals surface area contributed by atoms with Gasteiger partial charge < -0.3 is 0 Å². The number of rotatable bonds is 1. The van der Waals surface area contributed by atoms with E-state index in [4.69, 9.17) is 0 Å². The second-order valence-corrected chi connectivity index (χ2v) is 5.12. The molecular formula is C13H9N3O6. The van der Waals surface area contributed by atoms with Crippen molar-refractivity contribution < 1.29 is 24.1 Å². The Bertz CT molecular complexity index is 786. The number of amides is 4. The maximum absolute atomic E-state index is 12.5. The van der Waals surface area contributed by atoms with Crippen LogP contribution in [0, 0.1) is 10.1 Å². The first-order valence-corrected chi connectivity index (χ1v) is 6.24. The molecule has 4 amide bonds. The van der Waals surface area contributed by atoms with Crippen LogP contribution in [-0.2, 0) is 19.8 Å². The van der Waals surface area contributed by atoms with E-state index >= 15 is 0 Å². The van der Waals surface area contributed by atoms with E-state index in [0.29, 0.717) is 0 Å². The van der Waals surface area contributed by atoms with Crippen molar-refractivity contribution in [1.29, 1.82) is 0 Å². The van der Waals surface area contributed by atoms with Crippen molar-refractivity contribution in [3.05, 3.63) is 39.4 Å². The molecule has 1 aromatic rings. The molecule has 1 unspecified atom stereocenters. The van der Waals surface area contributed by atoms with Gasteiger partial charge in [0.15, 0.2) is 5.41 Å². The normalized spacial score (nSPS) is 23.8. The molecule has 9 nitrogen and oxygen atoms in total. The molecule has 1 aromatic carbocycles. The molecule has 3 rings (SSSR count). The number of nitro groups is 1. The smallest absolute Gasteiger partial charge is 0.269 e. The van der Waals surface area contributed by atoms with Gasteiger partial charge in [-0.1, -0.05) is 0 Å². The first-order valence-electron chi connectivity index (χ1n) is 6.24. The van der Waals surface area contributed by atoms with E-state index in [1.54, 1.807) is 0 Å². The lowest BCUT2D eigenvalue weighted by molar-refractivity contribution is -0.384. The Kier molecular flexibility index (Phi) is 2.65. The summed E-state index contributed by atoms with van der Waals surface area (Å²) < 4.78 is 0. The van der Waals surface area contributed by atoms with E-state index in [1.807, 2.05) is 5.32 Å². The molecule has 0 saturated carbocycles. The van der Waals surface area contributed by atoms with Crippen molar-refractivity contribution in [2.24, 2.45) is 0 Å². The molecule has 1 atom stereocenters. The molecular weight excluding hydrogens is 294 g/mol. The maximum Gasteiger partial charge on any atom is 0.269 e. The van der Waals surface area contributed by atoms with Crippen LogP contribution in [-0.4, -0.2) is 40.5 Å². The Balaban J connectivity index is 2.35. The first-order chi connectivity index (χ1) is 10.3. The third-order valence-electron chi connectivity index (χ3n) is 3.94. The Morgan fingerprint density at radius 1 is 1.27 bits per heavy atom. The Morgan fingerprint density at radius 3 is 2.50 bits per heavy atom. The molecule has 2 aliphatic rings. The monoisotopic (exact) mass is 303 g/mol. The predicted molar refractivity (Wildman–Crippen MR) is 69.6 cm³/mol. The molecule has 112 valence electrons. The van der Waals surface area contributed by atoms with Crippen molar-refractivity contribution in [2.75, 3.05) is 7.05 Å². The standard InChI is InChI=1S/C13H9N3O6/c1-15-10(18)7-3-2-6(16(21)22)4-8(7)13(12(15)20)5-9(17)14-11(13)19/h2-4H,5H2,1H3,(H,14,17,19). The lowest BCUT2D eigenvalue weighted by atomic mass is 9.72.